The van der Waals surface area contributed by atoms with Gasteiger partial charge < -0.3 is 14.1 Å². The maximum atomic E-state index is 14.1. The molecule has 0 bridgehead atoms. The quantitative estimate of drug-likeness (QED) is 0.129. The van der Waals surface area contributed by atoms with Crippen LogP contribution in [0.1, 0.15) is 64.2 Å². The predicted octanol–water partition coefficient (Wildman–Crippen LogP) is 10.8. The van der Waals surface area contributed by atoms with Crippen LogP contribution in [0.2, 0.25) is 0 Å². The normalized spacial score (nSPS) is 16.0. The first kappa shape index (κ1) is 32.6. The van der Waals surface area contributed by atoms with Crippen LogP contribution in [0.4, 0.5) is 0 Å². The van der Waals surface area contributed by atoms with E-state index in [9.17, 15) is 4.57 Å². The molecule has 2 aliphatic carbocycles. The van der Waals surface area contributed by atoms with E-state index in [-0.39, 0.29) is 20.1 Å². The summed E-state index contributed by atoms with van der Waals surface area (Å²) in [6.45, 7) is 0. The van der Waals surface area contributed by atoms with Gasteiger partial charge in [0.15, 0.2) is 0 Å². The van der Waals surface area contributed by atoms with Crippen molar-refractivity contribution in [3.8, 4) is 16.9 Å². The number of fused-ring (bicyclic) bond motifs is 3. The van der Waals surface area contributed by atoms with Gasteiger partial charge in [-0.3, -0.25) is 0 Å². The first-order valence-corrected chi connectivity index (χ1v) is 18.6. The van der Waals surface area contributed by atoms with Gasteiger partial charge in [0.1, 0.15) is 0 Å². The zero-order valence-electron chi connectivity index (χ0n) is 26.3. The Morgan fingerprint density at radius 3 is 1.93 bits per heavy atom. The number of nitrogens with zero attached hydrogens (tertiary/aromatic N) is 2. The van der Waals surface area contributed by atoms with Gasteiger partial charge in [-0.2, -0.15) is 30.3 Å². The molecule has 2 saturated carbocycles. The minimum Gasteiger partial charge on any atom is -0.351 e. The van der Waals surface area contributed by atoms with Crippen molar-refractivity contribution in [2.24, 2.45) is 0 Å². The second-order valence-electron chi connectivity index (χ2n) is 12.6. The first-order valence-electron chi connectivity index (χ1n) is 16.7. The monoisotopic (exact) mass is 801 g/mol. The number of benzene rings is 4. The molecule has 2 aromatic heterocycles. The standard InChI is InChI=1S/C23H15N2.C18H26OP.Ir/c1-2-9-17(10-3-1)25-22-15-5-4-11-18(22)19-12-8-13-20(23(19)25)21-14-6-7-16-24-21;19-20(16-10-4-1-5-11-16,17-12-6-2-7-13-17)18-14-8-3-9-15-18;/h1-12,14-16H;1,4-5,10,17-18H,2-3,6-9,12-15H2;/q2*-1;. The van der Waals surface area contributed by atoms with E-state index in [1.54, 1.807) is 0 Å². The van der Waals surface area contributed by atoms with Crippen molar-refractivity contribution in [1.29, 1.82) is 0 Å². The molecule has 0 spiro atoms. The van der Waals surface area contributed by atoms with Gasteiger partial charge >= 0.3 is 0 Å². The van der Waals surface area contributed by atoms with Crippen LogP contribution in [-0.4, -0.2) is 20.9 Å². The van der Waals surface area contributed by atoms with Gasteiger partial charge in [-0.05, 0) is 66.5 Å². The predicted molar refractivity (Wildman–Crippen MR) is 189 cm³/mol. The summed E-state index contributed by atoms with van der Waals surface area (Å²) < 4.78 is 16.4. The molecule has 0 saturated heterocycles. The Morgan fingerprint density at radius 1 is 0.630 bits per heavy atom. The SMILES string of the molecule is O=P(c1[c-]cccc1)(C1CCCCC1)C1CCCCC1.[Ir].[c-]1ccc2c3ccccc3n(-c3ccccc3)c2c1-c1ccccn1. The van der Waals surface area contributed by atoms with Crippen LogP contribution in [0.5, 0.6) is 0 Å². The topological polar surface area (TPSA) is 34.9 Å². The number of pyridine rings is 1. The Balaban J connectivity index is 0.000000162. The maximum Gasteiger partial charge on any atom is 0.0978 e. The number of aromatic nitrogens is 2. The molecule has 0 aliphatic heterocycles. The minimum atomic E-state index is -2.28. The van der Waals surface area contributed by atoms with Gasteiger partial charge in [-0.25, -0.2) is 0 Å². The average Bonchev–Trinajstić information content (AvgIpc) is 3.48. The second kappa shape index (κ2) is 15.1. The fourth-order valence-corrected chi connectivity index (χ4v) is 12.0. The van der Waals surface area contributed by atoms with Gasteiger partial charge in [0.05, 0.1) is 7.14 Å². The molecule has 2 aliphatic rings. The van der Waals surface area contributed by atoms with Crippen LogP contribution in [0.3, 0.4) is 0 Å². The Hall–Kier alpha value is -3.29. The molecule has 6 aromatic rings. The maximum absolute atomic E-state index is 14.1. The fourth-order valence-electron chi connectivity index (χ4n) is 7.73. The molecule has 0 atom stereocenters. The summed E-state index contributed by atoms with van der Waals surface area (Å²) in [5, 5.41) is 3.52. The smallest absolute Gasteiger partial charge is 0.0978 e. The molecule has 4 aromatic carbocycles. The van der Waals surface area contributed by atoms with E-state index in [1.165, 1.54) is 80.5 Å². The third-order valence-corrected chi connectivity index (χ3v) is 14.1. The van der Waals surface area contributed by atoms with E-state index in [1.807, 2.05) is 54.7 Å². The molecule has 2 fully saturated rings. The summed E-state index contributed by atoms with van der Waals surface area (Å²) in [5.74, 6) is 0. The number of hydrogen-bond acceptors (Lipinski definition) is 2. The summed E-state index contributed by atoms with van der Waals surface area (Å²) >= 11 is 0. The van der Waals surface area contributed by atoms with Gasteiger partial charge in [-0.1, -0.05) is 92.4 Å². The summed E-state index contributed by atoms with van der Waals surface area (Å²) in [5.41, 5.74) is 6.34. The molecule has 46 heavy (non-hydrogen) atoms. The molecule has 3 nitrogen and oxygen atoms in total. The van der Waals surface area contributed by atoms with E-state index in [4.69, 9.17) is 0 Å². The molecule has 2 heterocycles. The molecule has 5 heteroatoms. The summed E-state index contributed by atoms with van der Waals surface area (Å²) in [4.78, 5) is 4.56. The number of para-hydroxylation sites is 2. The summed E-state index contributed by atoms with van der Waals surface area (Å²) in [7, 11) is -2.28. The number of rotatable bonds is 5. The first-order chi connectivity index (χ1) is 22.2. The van der Waals surface area contributed by atoms with Crippen LogP contribution in [0.25, 0.3) is 38.8 Å². The van der Waals surface area contributed by atoms with Crippen molar-refractivity contribution in [2.75, 3.05) is 0 Å². The largest absolute Gasteiger partial charge is 0.351 e. The van der Waals surface area contributed by atoms with Crippen LogP contribution in [0, 0.1) is 12.1 Å². The van der Waals surface area contributed by atoms with E-state index in [0.717, 1.165) is 27.8 Å². The van der Waals surface area contributed by atoms with Gasteiger partial charge in [0, 0.05) is 48.8 Å². The van der Waals surface area contributed by atoms with Crippen LogP contribution < -0.4 is 5.30 Å². The van der Waals surface area contributed by atoms with Crippen molar-refractivity contribution >= 4 is 34.3 Å². The molecule has 1 radical (unpaired) electrons. The van der Waals surface area contributed by atoms with E-state index < -0.39 is 7.14 Å². The zero-order valence-corrected chi connectivity index (χ0v) is 29.6. The Bertz CT molecular complexity index is 1870. The van der Waals surface area contributed by atoms with Crippen LogP contribution in [-0.2, 0) is 24.7 Å². The van der Waals surface area contributed by atoms with E-state index in [2.05, 4.69) is 82.3 Å². The molecule has 0 unspecified atom stereocenters. The van der Waals surface area contributed by atoms with Crippen LogP contribution >= 0.6 is 7.14 Å². The molecule has 8 rings (SSSR count). The summed E-state index contributed by atoms with van der Waals surface area (Å²) in [6, 6.07) is 44.0. The van der Waals surface area contributed by atoms with E-state index >= 15 is 0 Å². The van der Waals surface area contributed by atoms with Crippen LogP contribution in [0.15, 0.2) is 115 Å². The molecular weight excluding hydrogens is 760 g/mol. The molecule has 237 valence electrons. The Labute approximate surface area is 287 Å². The Kier molecular flexibility index (Phi) is 10.7. The third-order valence-electron chi connectivity index (χ3n) is 9.87. The minimum absolute atomic E-state index is 0. The van der Waals surface area contributed by atoms with Crippen molar-refractivity contribution < 1.29 is 24.7 Å². The second-order valence-corrected chi connectivity index (χ2v) is 15.9. The van der Waals surface area contributed by atoms with Gasteiger partial charge in [-0.15, -0.1) is 29.1 Å². The number of hydrogen-bond donors (Lipinski definition) is 0. The van der Waals surface area contributed by atoms with Crippen molar-refractivity contribution in [2.45, 2.75) is 75.5 Å². The fraction of sp³-hybridized carbons (Fsp3) is 0.293. The van der Waals surface area contributed by atoms with Gasteiger partial charge in [0.2, 0.25) is 0 Å². The van der Waals surface area contributed by atoms with E-state index in [0.29, 0.717) is 11.3 Å². The van der Waals surface area contributed by atoms with Crippen molar-refractivity contribution in [1.82, 2.24) is 9.55 Å². The van der Waals surface area contributed by atoms with Crippen molar-refractivity contribution in [3.05, 3.63) is 128 Å². The zero-order chi connectivity index (χ0) is 30.5. The Morgan fingerprint density at radius 2 is 1.28 bits per heavy atom. The average molecular weight is 801 g/mol. The molecular formula is C41H41IrN2OP-2. The van der Waals surface area contributed by atoms with Gasteiger partial charge in [0.25, 0.3) is 0 Å². The third kappa shape index (κ3) is 6.46. The summed E-state index contributed by atoms with van der Waals surface area (Å²) in [6.07, 6.45) is 14.3. The van der Waals surface area contributed by atoms with Crippen molar-refractivity contribution in [3.63, 3.8) is 0 Å². The molecule has 0 amide bonds. The molecule has 0 N–H and O–H groups in total.